The van der Waals surface area contributed by atoms with Crippen molar-refractivity contribution in [2.24, 2.45) is 0 Å². The van der Waals surface area contributed by atoms with Gasteiger partial charge in [-0.2, -0.15) is 0 Å². The molecular weight excluding hydrogens is 197 g/mol. The first-order valence-electron chi connectivity index (χ1n) is 2.22. The van der Waals surface area contributed by atoms with Crippen LogP contribution in [0.5, 0.6) is 0 Å². The van der Waals surface area contributed by atoms with E-state index in [0.717, 1.165) is 12.1 Å². The van der Waals surface area contributed by atoms with E-state index in [9.17, 15) is 8.78 Å². The predicted molar refractivity (Wildman–Crippen MR) is 32.9 cm³/mol. The summed E-state index contributed by atoms with van der Waals surface area (Å²) in [7, 11) is 0. The van der Waals surface area contributed by atoms with E-state index in [4.69, 9.17) is 0 Å². The van der Waals surface area contributed by atoms with Gasteiger partial charge >= 0.3 is 18.9 Å². The molecule has 0 N–H and O–H groups in total. The third-order valence-corrected chi connectivity index (χ3v) is 1.23. The topological polar surface area (TPSA) is 0 Å². The minimum absolute atomic E-state index is 0. The molecule has 0 saturated heterocycles. The minimum Gasteiger partial charge on any atom is -0.236 e. The Labute approximate surface area is 77.9 Å². The molecule has 0 nitrogen and oxygen atoms in total. The molecule has 0 aliphatic rings. The summed E-state index contributed by atoms with van der Waals surface area (Å²) in [6.07, 6.45) is 0. The zero-order valence-electron chi connectivity index (χ0n) is 5.29. The average molecular weight is 199 g/mol. The maximum absolute atomic E-state index is 12.1. The van der Waals surface area contributed by atoms with Crippen LogP contribution in [0, 0.1) is 17.7 Å². The van der Waals surface area contributed by atoms with Crippen LogP contribution >= 0.6 is 15.9 Å². The predicted octanol–water partition coefficient (Wildman–Crippen LogP) is -0.469. The molecule has 48 valence electrons. The van der Waals surface area contributed by atoms with Crippen LogP contribution in [0.25, 0.3) is 0 Å². The quantitative estimate of drug-likeness (QED) is 0.391. The Hall–Kier alpha value is 0.157. The van der Waals surface area contributed by atoms with Crippen LogP contribution in [0.2, 0.25) is 0 Å². The molecule has 1 aromatic rings. The molecule has 0 atom stereocenters. The van der Waals surface area contributed by atoms with Crippen LogP contribution in [-0.4, -0.2) is 0 Å². The van der Waals surface area contributed by atoms with Gasteiger partial charge in [-0.15, -0.1) is 18.2 Å². The number of halogens is 3. The van der Waals surface area contributed by atoms with Gasteiger partial charge in [0.05, 0.1) is 0 Å². The van der Waals surface area contributed by atoms with Gasteiger partial charge in [-0.1, -0.05) is 20.4 Å². The largest absolute Gasteiger partial charge is 1.00 e. The minimum atomic E-state index is -0.693. The van der Waals surface area contributed by atoms with E-state index in [-0.39, 0.29) is 18.9 Å². The third kappa shape index (κ3) is 2.83. The molecular formula is C6H2BrF2Li. The second kappa shape index (κ2) is 4.12. The molecule has 4 heteroatoms. The Bertz CT molecular complexity index is 177. The van der Waals surface area contributed by atoms with E-state index in [1.165, 1.54) is 0 Å². The molecule has 0 aliphatic heterocycles. The van der Waals surface area contributed by atoms with Crippen molar-refractivity contribution in [3.63, 3.8) is 0 Å². The van der Waals surface area contributed by atoms with Crippen LogP contribution in [0.1, 0.15) is 0 Å². The van der Waals surface area contributed by atoms with E-state index in [1.54, 1.807) is 0 Å². The van der Waals surface area contributed by atoms with Crippen molar-refractivity contribution in [2.75, 3.05) is 0 Å². The molecule has 0 aromatic heterocycles. The van der Waals surface area contributed by atoms with Gasteiger partial charge < -0.3 is 0 Å². The zero-order valence-corrected chi connectivity index (χ0v) is 6.87. The summed E-state index contributed by atoms with van der Waals surface area (Å²) >= 11 is 2.91. The zero-order chi connectivity index (χ0) is 6.85. The van der Waals surface area contributed by atoms with Crippen LogP contribution in [-0.2, 0) is 0 Å². The molecule has 1 aromatic carbocycles. The molecule has 1 rings (SSSR count). The van der Waals surface area contributed by atoms with E-state index < -0.39 is 11.6 Å². The van der Waals surface area contributed by atoms with Gasteiger partial charge in [-0.05, 0) is 0 Å². The first-order valence-corrected chi connectivity index (χ1v) is 3.01. The number of rotatable bonds is 0. The van der Waals surface area contributed by atoms with Gasteiger partial charge in [0.2, 0.25) is 0 Å². The fraction of sp³-hybridized carbons (Fsp3) is 0. The summed E-state index contributed by atoms with van der Waals surface area (Å²) in [5, 5.41) is 0. The van der Waals surface area contributed by atoms with Crippen LogP contribution in [0.15, 0.2) is 16.6 Å². The summed E-state index contributed by atoms with van der Waals surface area (Å²) in [5.41, 5.74) is 0. The number of benzene rings is 1. The van der Waals surface area contributed by atoms with Crippen molar-refractivity contribution in [3.8, 4) is 0 Å². The third-order valence-electron chi connectivity index (χ3n) is 0.768. The Morgan fingerprint density at radius 1 is 1.20 bits per heavy atom. The van der Waals surface area contributed by atoms with E-state index in [1.807, 2.05) is 6.07 Å². The molecule has 0 heterocycles. The van der Waals surface area contributed by atoms with E-state index in [0.29, 0.717) is 4.47 Å². The maximum Gasteiger partial charge on any atom is 1.00 e. The monoisotopic (exact) mass is 198 g/mol. The molecule has 0 spiro atoms. The summed E-state index contributed by atoms with van der Waals surface area (Å²) < 4.78 is 24.6. The smallest absolute Gasteiger partial charge is 0.236 e. The summed E-state index contributed by atoms with van der Waals surface area (Å²) in [4.78, 5) is 0. The van der Waals surface area contributed by atoms with E-state index >= 15 is 0 Å². The van der Waals surface area contributed by atoms with Gasteiger partial charge in [0.25, 0.3) is 0 Å². The van der Waals surface area contributed by atoms with Gasteiger partial charge in [-0.25, -0.2) is 8.78 Å². The van der Waals surface area contributed by atoms with Gasteiger partial charge in [-0.3, -0.25) is 0 Å². The standard InChI is InChI=1S/C6H2BrF2.Li/c7-4-1-5(8)3-6(9)2-4;/h1-2H;/q-1;+1. The van der Waals surface area contributed by atoms with Gasteiger partial charge in [0, 0.05) is 11.6 Å². The average Bonchev–Trinajstić information content (AvgIpc) is 1.59. The van der Waals surface area contributed by atoms with Crippen LogP contribution in [0.3, 0.4) is 0 Å². The molecule has 0 bridgehead atoms. The summed E-state index contributed by atoms with van der Waals surface area (Å²) in [6, 6.07) is 4.13. The Morgan fingerprint density at radius 3 is 1.90 bits per heavy atom. The first kappa shape index (κ1) is 10.2. The van der Waals surface area contributed by atoms with Crippen LogP contribution < -0.4 is 18.9 Å². The Morgan fingerprint density at radius 2 is 1.60 bits per heavy atom. The van der Waals surface area contributed by atoms with Crippen molar-refractivity contribution in [2.45, 2.75) is 0 Å². The normalized spacial score (nSPS) is 8.70. The molecule has 0 amide bonds. The summed E-state index contributed by atoms with van der Waals surface area (Å²) in [6.45, 7) is 0. The number of hydrogen-bond donors (Lipinski definition) is 0. The molecule has 0 radical (unpaired) electrons. The van der Waals surface area contributed by atoms with Crippen molar-refractivity contribution in [1.82, 2.24) is 0 Å². The maximum atomic E-state index is 12.1. The fourth-order valence-electron chi connectivity index (χ4n) is 0.470. The van der Waals surface area contributed by atoms with Crippen molar-refractivity contribution in [3.05, 3.63) is 34.3 Å². The van der Waals surface area contributed by atoms with Gasteiger partial charge in [0.1, 0.15) is 0 Å². The second-order valence-electron chi connectivity index (χ2n) is 1.49. The van der Waals surface area contributed by atoms with E-state index in [2.05, 4.69) is 15.9 Å². The molecule has 0 saturated carbocycles. The Balaban J connectivity index is 0.000000810. The second-order valence-corrected chi connectivity index (χ2v) is 2.41. The first-order chi connectivity index (χ1) is 4.18. The fourth-order valence-corrected chi connectivity index (χ4v) is 0.872. The van der Waals surface area contributed by atoms with Crippen molar-refractivity contribution >= 4 is 15.9 Å². The summed E-state index contributed by atoms with van der Waals surface area (Å²) in [5.74, 6) is -1.39. The van der Waals surface area contributed by atoms with Crippen molar-refractivity contribution in [1.29, 1.82) is 0 Å². The molecule has 0 unspecified atom stereocenters. The Kier molecular flexibility index (Phi) is 4.19. The molecule has 0 fully saturated rings. The van der Waals surface area contributed by atoms with Crippen molar-refractivity contribution < 1.29 is 27.6 Å². The van der Waals surface area contributed by atoms with Crippen LogP contribution in [0.4, 0.5) is 8.78 Å². The SMILES string of the molecule is Fc1[c-]c(F)cc(Br)c1.[Li+]. The molecule has 10 heavy (non-hydrogen) atoms. The number of hydrogen-bond acceptors (Lipinski definition) is 0. The molecule has 0 aliphatic carbocycles. The van der Waals surface area contributed by atoms with Gasteiger partial charge in [0.15, 0.2) is 0 Å².